The summed E-state index contributed by atoms with van der Waals surface area (Å²) >= 11 is 1.24. The molecule has 2 aromatic carbocycles. The Morgan fingerprint density at radius 3 is 2.61 bits per heavy atom. The lowest BCUT2D eigenvalue weighted by molar-refractivity contribution is 0.0792. The van der Waals surface area contributed by atoms with Gasteiger partial charge in [0.05, 0.1) is 0 Å². The van der Waals surface area contributed by atoms with Crippen molar-refractivity contribution in [1.29, 1.82) is 0 Å². The molecule has 0 unspecified atom stereocenters. The van der Waals surface area contributed by atoms with Crippen molar-refractivity contribution in [3.63, 3.8) is 0 Å². The average Bonchev–Trinajstić information content (AvgIpc) is 3.37. The molecule has 1 aromatic heterocycles. The zero-order valence-corrected chi connectivity index (χ0v) is 17.0. The monoisotopic (exact) mass is 393 g/mol. The second-order valence-corrected chi connectivity index (χ2v) is 7.93. The normalized spacial score (nSPS) is 13.7. The van der Waals surface area contributed by atoms with Crippen LogP contribution in [0.25, 0.3) is 0 Å². The zero-order chi connectivity index (χ0) is 19.5. The van der Waals surface area contributed by atoms with Gasteiger partial charge >= 0.3 is 0 Å². The van der Waals surface area contributed by atoms with E-state index in [2.05, 4.69) is 40.5 Å². The van der Waals surface area contributed by atoms with Crippen molar-refractivity contribution < 1.29 is 9.53 Å². The van der Waals surface area contributed by atoms with Crippen molar-refractivity contribution in [3.8, 4) is 10.9 Å². The third kappa shape index (κ3) is 4.22. The lowest BCUT2D eigenvalue weighted by Crippen LogP contribution is -2.27. The Bertz CT molecular complexity index is 976. The van der Waals surface area contributed by atoms with Crippen LogP contribution in [-0.4, -0.2) is 33.3 Å². The Kier molecular flexibility index (Phi) is 5.39. The fourth-order valence-electron chi connectivity index (χ4n) is 3.28. The molecule has 0 saturated carbocycles. The summed E-state index contributed by atoms with van der Waals surface area (Å²) in [5.74, 6) is 1.47. The van der Waals surface area contributed by atoms with Gasteiger partial charge in [-0.2, -0.15) is 9.36 Å². The summed E-state index contributed by atoms with van der Waals surface area (Å²) in [6.45, 7) is 5.71. The molecule has 0 spiro atoms. The number of likely N-dealkylation sites (tertiary alicyclic amines) is 1. The number of aryl methyl sites for hydroxylation is 2. The minimum absolute atomic E-state index is 0.0691. The van der Waals surface area contributed by atoms with Gasteiger partial charge in [0, 0.05) is 36.6 Å². The van der Waals surface area contributed by atoms with Gasteiger partial charge in [0.2, 0.25) is 0 Å². The number of ether oxygens (including phenoxy) is 1. The van der Waals surface area contributed by atoms with Gasteiger partial charge < -0.3 is 9.64 Å². The summed E-state index contributed by atoms with van der Waals surface area (Å²) < 4.78 is 10.4. The number of rotatable bonds is 5. The summed E-state index contributed by atoms with van der Waals surface area (Å²) in [7, 11) is 0. The Hall–Kier alpha value is -2.73. The molecule has 0 bridgehead atoms. The SMILES string of the molecule is Cc1ccc(Cc2nsc(Oc3cc(C(=O)N4CCCC4)ccc3C)n2)cc1. The van der Waals surface area contributed by atoms with Crippen LogP contribution in [0.15, 0.2) is 42.5 Å². The summed E-state index contributed by atoms with van der Waals surface area (Å²) in [5.41, 5.74) is 4.03. The third-order valence-electron chi connectivity index (χ3n) is 4.96. The molecule has 2 heterocycles. The minimum Gasteiger partial charge on any atom is -0.430 e. The highest BCUT2D eigenvalue weighted by Crippen LogP contribution is 2.28. The van der Waals surface area contributed by atoms with Crippen LogP contribution in [0.4, 0.5) is 0 Å². The fourth-order valence-corrected chi connectivity index (χ4v) is 3.84. The van der Waals surface area contributed by atoms with E-state index in [4.69, 9.17) is 4.74 Å². The van der Waals surface area contributed by atoms with Gasteiger partial charge in [-0.3, -0.25) is 4.79 Å². The molecule has 3 aromatic rings. The maximum absolute atomic E-state index is 12.6. The van der Waals surface area contributed by atoms with E-state index in [0.29, 0.717) is 22.9 Å². The van der Waals surface area contributed by atoms with E-state index in [1.54, 1.807) is 0 Å². The van der Waals surface area contributed by atoms with E-state index in [1.807, 2.05) is 30.0 Å². The molecule has 0 aliphatic carbocycles. The summed E-state index contributed by atoms with van der Waals surface area (Å²) in [4.78, 5) is 19.0. The van der Waals surface area contributed by atoms with E-state index in [0.717, 1.165) is 37.3 Å². The quantitative estimate of drug-likeness (QED) is 0.626. The van der Waals surface area contributed by atoms with Crippen LogP contribution in [0, 0.1) is 13.8 Å². The van der Waals surface area contributed by atoms with Gasteiger partial charge in [0.25, 0.3) is 11.1 Å². The van der Waals surface area contributed by atoms with E-state index < -0.39 is 0 Å². The van der Waals surface area contributed by atoms with Crippen LogP contribution in [-0.2, 0) is 6.42 Å². The highest BCUT2D eigenvalue weighted by Gasteiger charge is 2.20. The molecule has 6 heteroatoms. The molecule has 1 aliphatic heterocycles. The Balaban J connectivity index is 1.48. The third-order valence-corrected chi connectivity index (χ3v) is 5.59. The smallest absolute Gasteiger partial charge is 0.298 e. The summed E-state index contributed by atoms with van der Waals surface area (Å²) in [5, 5.41) is 0.496. The maximum Gasteiger partial charge on any atom is 0.298 e. The minimum atomic E-state index is 0.0691. The molecule has 144 valence electrons. The van der Waals surface area contributed by atoms with Crippen molar-refractivity contribution in [3.05, 3.63) is 70.5 Å². The molecule has 1 aliphatic rings. The number of nitrogens with zero attached hydrogens (tertiary/aromatic N) is 3. The molecule has 0 radical (unpaired) electrons. The maximum atomic E-state index is 12.6. The second-order valence-electron chi connectivity index (χ2n) is 7.22. The first-order chi connectivity index (χ1) is 13.6. The van der Waals surface area contributed by atoms with Crippen LogP contribution in [0.1, 0.15) is 45.7 Å². The van der Waals surface area contributed by atoms with Crippen LogP contribution in [0.2, 0.25) is 0 Å². The number of aromatic nitrogens is 2. The van der Waals surface area contributed by atoms with Crippen molar-refractivity contribution >= 4 is 17.4 Å². The Morgan fingerprint density at radius 2 is 1.86 bits per heavy atom. The zero-order valence-electron chi connectivity index (χ0n) is 16.1. The molecule has 1 fully saturated rings. The van der Waals surface area contributed by atoms with E-state index in [-0.39, 0.29) is 5.91 Å². The van der Waals surface area contributed by atoms with Crippen molar-refractivity contribution in [2.24, 2.45) is 0 Å². The predicted molar refractivity (Wildman–Crippen MR) is 110 cm³/mol. The standard InChI is InChI=1S/C22H23N3O2S/c1-15-5-8-17(9-6-15)13-20-23-22(28-24-20)27-19-14-18(10-7-16(19)2)21(26)25-11-3-4-12-25/h5-10,14H,3-4,11-13H2,1-2H3. The van der Waals surface area contributed by atoms with Gasteiger partial charge in [-0.25, -0.2) is 0 Å². The first-order valence-corrected chi connectivity index (χ1v) is 10.3. The van der Waals surface area contributed by atoms with Crippen molar-refractivity contribution in [1.82, 2.24) is 14.3 Å². The van der Waals surface area contributed by atoms with Crippen LogP contribution < -0.4 is 4.74 Å². The van der Waals surface area contributed by atoms with Crippen LogP contribution in [0.5, 0.6) is 10.9 Å². The summed E-state index contributed by atoms with van der Waals surface area (Å²) in [6.07, 6.45) is 2.83. The number of carbonyl (C=O) groups is 1. The van der Waals surface area contributed by atoms with Gasteiger partial charge in [-0.05, 0) is 49.9 Å². The Morgan fingerprint density at radius 1 is 1.11 bits per heavy atom. The van der Waals surface area contributed by atoms with E-state index in [9.17, 15) is 4.79 Å². The van der Waals surface area contributed by atoms with Crippen molar-refractivity contribution in [2.45, 2.75) is 33.1 Å². The van der Waals surface area contributed by atoms with Gasteiger partial charge in [0.1, 0.15) is 5.75 Å². The molecular weight excluding hydrogens is 370 g/mol. The second kappa shape index (κ2) is 8.10. The first-order valence-electron chi connectivity index (χ1n) is 9.54. The van der Waals surface area contributed by atoms with E-state index >= 15 is 0 Å². The van der Waals surface area contributed by atoms with Gasteiger partial charge in [0.15, 0.2) is 5.82 Å². The average molecular weight is 394 g/mol. The number of hydrogen-bond donors (Lipinski definition) is 0. The van der Waals surface area contributed by atoms with Gasteiger partial charge in [-0.1, -0.05) is 35.9 Å². The molecule has 5 nitrogen and oxygen atoms in total. The van der Waals surface area contributed by atoms with Crippen molar-refractivity contribution in [2.75, 3.05) is 13.1 Å². The lowest BCUT2D eigenvalue weighted by atomic mass is 10.1. The highest BCUT2D eigenvalue weighted by molar-refractivity contribution is 7.07. The van der Waals surface area contributed by atoms with Gasteiger partial charge in [-0.15, -0.1) is 0 Å². The lowest BCUT2D eigenvalue weighted by Gasteiger charge is -2.16. The topological polar surface area (TPSA) is 55.3 Å². The molecule has 1 saturated heterocycles. The molecule has 0 atom stereocenters. The Labute approximate surface area is 169 Å². The van der Waals surface area contributed by atoms with E-state index in [1.165, 1.54) is 22.7 Å². The molecule has 0 N–H and O–H groups in total. The number of hydrogen-bond acceptors (Lipinski definition) is 5. The summed E-state index contributed by atoms with van der Waals surface area (Å²) in [6, 6.07) is 14.0. The molecular formula is C22H23N3O2S. The van der Waals surface area contributed by atoms with Crippen LogP contribution >= 0.6 is 11.5 Å². The number of benzene rings is 2. The number of amides is 1. The molecule has 4 rings (SSSR count). The van der Waals surface area contributed by atoms with Crippen LogP contribution in [0.3, 0.4) is 0 Å². The molecule has 28 heavy (non-hydrogen) atoms. The number of carbonyl (C=O) groups excluding carboxylic acids is 1. The largest absolute Gasteiger partial charge is 0.430 e. The fraction of sp³-hybridized carbons (Fsp3) is 0.318. The predicted octanol–water partition coefficient (Wildman–Crippen LogP) is 4.77. The first kappa shape index (κ1) is 18.6. The highest BCUT2D eigenvalue weighted by atomic mass is 32.1. The molecule has 1 amide bonds.